The van der Waals surface area contributed by atoms with Gasteiger partial charge >= 0.3 is 5.97 Å². The molecule has 0 aliphatic heterocycles. The van der Waals surface area contributed by atoms with Gasteiger partial charge in [-0.1, -0.05) is 34.1 Å². The van der Waals surface area contributed by atoms with Crippen molar-refractivity contribution in [2.75, 3.05) is 7.05 Å². The highest BCUT2D eigenvalue weighted by Crippen LogP contribution is 2.06. The second kappa shape index (κ2) is 8.53. The molecule has 0 aliphatic rings. The molecule has 0 aromatic heterocycles. The third-order valence-electron chi connectivity index (χ3n) is 1.79. The highest BCUT2D eigenvalue weighted by atomic mass is 16.4. The summed E-state index contributed by atoms with van der Waals surface area (Å²) in [6.07, 6.45) is 0.887. The van der Waals surface area contributed by atoms with Gasteiger partial charge in [0.05, 0.1) is 0 Å². The number of hydrogen-bond acceptors (Lipinski definition) is 2. The number of nitrogens with one attached hydrogen (secondary N) is 1. The summed E-state index contributed by atoms with van der Waals surface area (Å²) in [4.78, 5) is 10.5. The maximum Gasteiger partial charge on any atom is 0.320 e. The standard InChI is InChI=1S/C7H15NO2.C2H6/c1-4-5(2)6(8-3)7(9)10;1-2/h5-6,8H,4H2,1-3H3,(H,9,10);1-2H3. The molecule has 0 bridgehead atoms. The molecule has 0 radical (unpaired) electrons. The number of aliphatic carboxylic acids is 1. The first kappa shape index (κ1) is 14.0. The summed E-state index contributed by atoms with van der Waals surface area (Å²) >= 11 is 0. The predicted octanol–water partition coefficient (Wildman–Crippen LogP) is 1.73. The van der Waals surface area contributed by atoms with Gasteiger partial charge in [0.1, 0.15) is 6.04 Å². The van der Waals surface area contributed by atoms with Crippen molar-refractivity contribution < 1.29 is 9.90 Å². The molecular formula is C9H21NO2. The third kappa shape index (κ3) is 5.13. The van der Waals surface area contributed by atoms with Gasteiger partial charge < -0.3 is 10.4 Å². The summed E-state index contributed by atoms with van der Waals surface area (Å²) in [7, 11) is 1.67. The van der Waals surface area contributed by atoms with Crippen LogP contribution in [0.4, 0.5) is 0 Å². The number of hydrogen-bond donors (Lipinski definition) is 2. The lowest BCUT2D eigenvalue weighted by Gasteiger charge is -2.16. The van der Waals surface area contributed by atoms with E-state index in [9.17, 15) is 4.79 Å². The van der Waals surface area contributed by atoms with Crippen molar-refractivity contribution in [1.82, 2.24) is 5.32 Å². The van der Waals surface area contributed by atoms with E-state index in [-0.39, 0.29) is 5.92 Å². The van der Waals surface area contributed by atoms with Crippen LogP contribution in [-0.4, -0.2) is 24.2 Å². The van der Waals surface area contributed by atoms with Gasteiger partial charge in [0, 0.05) is 0 Å². The van der Waals surface area contributed by atoms with Gasteiger partial charge in [-0.25, -0.2) is 0 Å². The van der Waals surface area contributed by atoms with Gasteiger partial charge in [0.2, 0.25) is 0 Å². The molecule has 0 spiro atoms. The van der Waals surface area contributed by atoms with Crippen molar-refractivity contribution in [1.29, 1.82) is 0 Å². The molecule has 0 saturated heterocycles. The van der Waals surface area contributed by atoms with Crippen LogP contribution in [0.25, 0.3) is 0 Å². The minimum Gasteiger partial charge on any atom is -0.480 e. The largest absolute Gasteiger partial charge is 0.480 e. The zero-order valence-electron chi connectivity index (χ0n) is 8.72. The molecule has 0 aromatic rings. The molecule has 2 N–H and O–H groups in total. The van der Waals surface area contributed by atoms with Crippen LogP contribution >= 0.6 is 0 Å². The SMILES string of the molecule is CC.CCC(C)C(NC)C(=O)O. The highest BCUT2D eigenvalue weighted by molar-refractivity contribution is 5.73. The van der Waals surface area contributed by atoms with Crippen molar-refractivity contribution in [3.8, 4) is 0 Å². The molecule has 0 aromatic carbocycles. The Morgan fingerprint density at radius 3 is 2.00 bits per heavy atom. The van der Waals surface area contributed by atoms with Crippen LogP contribution in [0.2, 0.25) is 0 Å². The molecule has 2 unspecified atom stereocenters. The molecule has 0 fully saturated rings. The van der Waals surface area contributed by atoms with E-state index in [0.717, 1.165) is 6.42 Å². The monoisotopic (exact) mass is 175 g/mol. The minimum atomic E-state index is -0.767. The van der Waals surface area contributed by atoms with Crippen molar-refractivity contribution in [3.63, 3.8) is 0 Å². The zero-order chi connectivity index (χ0) is 10.1. The van der Waals surface area contributed by atoms with Crippen LogP contribution in [0, 0.1) is 5.92 Å². The molecule has 0 heterocycles. The summed E-state index contributed by atoms with van der Waals surface area (Å²) in [6, 6.07) is -0.398. The molecule has 74 valence electrons. The third-order valence-corrected chi connectivity index (χ3v) is 1.79. The Labute approximate surface area is 75.2 Å². The zero-order valence-corrected chi connectivity index (χ0v) is 8.72. The topological polar surface area (TPSA) is 49.3 Å². The lowest BCUT2D eigenvalue weighted by Crippen LogP contribution is -2.39. The van der Waals surface area contributed by atoms with E-state index in [0.29, 0.717) is 0 Å². The summed E-state index contributed by atoms with van der Waals surface area (Å²) in [6.45, 7) is 7.91. The number of carbonyl (C=O) groups is 1. The molecule has 2 atom stereocenters. The van der Waals surface area contributed by atoms with E-state index >= 15 is 0 Å². The van der Waals surface area contributed by atoms with Crippen molar-refractivity contribution in [3.05, 3.63) is 0 Å². The van der Waals surface area contributed by atoms with Crippen molar-refractivity contribution in [2.24, 2.45) is 5.92 Å². The van der Waals surface area contributed by atoms with Crippen LogP contribution < -0.4 is 5.32 Å². The average Bonchev–Trinajstić information content (AvgIpc) is 2.08. The van der Waals surface area contributed by atoms with Crippen LogP contribution in [0.15, 0.2) is 0 Å². The van der Waals surface area contributed by atoms with Gasteiger partial charge in [-0.3, -0.25) is 4.79 Å². The minimum absolute atomic E-state index is 0.197. The van der Waals surface area contributed by atoms with Crippen LogP contribution in [0.1, 0.15) is 34.1 Å². The maximum absolute atomic E-state index is 10.5. The molecular weight excluding hydrogens is 154 g/mol. The molecule has 0 amide bonds. The first-order valence-electron chi connectivity index (χ1n) is 4.53. The van der Waals surface area contributed by atoms with Gasteiger partial charge in [-0.2, -0.15) is 0 Å². The quantitative estimate of drug-likeness (QED) is 0.684. The second-order valence-electron chi connectivity index (χ2n) is 2.49. The van der Waals surface area contributed by atoms with E-state index in [1.54, 1.807) is 7.05 Å². The van der Waals surface area contributed by atoms with Crippen LogP contribution in [0.3, 0.4) is 0 Å². The Kier molecular flexibility index (Phi) is 9.93. The van der Waals surface area contributed by atoms with E-state index in [2.05, 4.69) is 5.32 Å². The van der Waals surface area contributed by atoms with Crippen molar-refractivity contribution >= 4 is 5.97 Å². The molecule has 0 rings (SSSR count). The lowest BCUT2D eigenvalue weighted by atomic mass is 10.00. The van der Waals surface area contributed by atoms with E-state index in [1.807, 2.05) is 27.7 Å². The molecule has 3 heteroatoms. The van der Waals surface area contributed by atoms with Gasteiger partial charge in [0.25, 0.3) is 0 Å². The van der Waals surface area contributed by atoms with E-state index in [1.165, 1.54) is 0 Å². The molecule has 12 heavy (non-hydrogen) atoms. The first-order valence-corrected chi connectivity index (χ1v) is 4.53. The van der Waals surface area contributed by atoms with Crippen molar-refractivity contribution in [2.45, 2.75) is 40.2 Å². The van der Waals surface area contributed by atoms with Gasteiger partial charge in [-0.15, -0.1) is 0 Å². The van der Waals surface area contributed by atoms with Gasteiger partial charge in [-0.05, 0) is 13.0 Å². The summed E-state index contributed by atoms with van der Waals surface area (Å²) in [5.74, 6) is -0.570. The Balaban J connectivity index is 0. The van der Waals surface area contributed by atoms with E-state index < -0.39 is 12.0 Å². The smallest absolute Gasteiger partial charge is 0.320 e. The van der Waals surface area contributed by atoms with E-state index in [4.69, 9.17) is 5.11 Å². The Morgan fingerprint density at radius 2 is 1.92 bits per heavy atom. The second-order valence-corrected chi connectivity index (χ2v) is 2.49. The molecule has 0 saturated carbocycles. The summed E-state index contributed by atoms with van der Waals surface area (Å²) in [5, 5.41) is 11.4. The molecule has 0 aliphatic carbocycles. The Morgan fingerprint density at radius 1 is 1.50 bits per heavy atom. The normalized spacial score (nSPS) is 14.1. The van der Waals surface area contributed by atoms with Crippen LogP contribution in [-0.2, 0) is 4.79 Å². The van der Waals surface area contributed by atoms with Gasteiger partial charge in [0.15, 0.2) is 0 Å². The number of likely N-dealkylation sites (N-methyl/N-ethyl adjacent to an activating group) is 1. The average molecular weight is 175 g/mol. The Bertz CT molecular complexity index is 115. The fraction of sp³-hybridized carbons (Fsp3) is 0.889. The highest BCUT2D eigenvalue weighted by Gasteiger charge is 2.20. The number of carboxylic acid groups (broad SMARTS) is 1. The summed E-state index contributed by atoms with van der Waals surface area (Å²) < 4.78 is 0. The first-order chi connectivity index (χ1) is 5.63. The summed E-state index contributed by atoms with van der Waals surface area (Å²) in [5.41, 5.74) is 0. The maximum atomic E-state index is 10.5. The van der Waals surface area contributed by atoms with Crippen LogP contribution in [0.5, 0.6) is 0 Å². The predicted molar refractivity (Wildman–Crippen MR) is 51.3 cm³/mol. The number of carboxylic acids is 1. The molecule has 3 nitrogen and oxygen atoms in total. The fourth-order valence-electron chi connectivity index (χ4n) is 0.887. The number of rotatable bonds is 4. The Hall–Kier alpha value is -0.570. The fourth-order valence-corrected chi connectivity index (χ4v) is 0.887. The lowest BCUT2D eigenvalue weighted by molar-refractivity contribution is -0.140.